The number of aromatic amines is 1. The van der Waals surface area contributed by atoms with Gasteiger partial charge in [0.1, 0.15) is 5.69 Å². The quantitative estimate of drug-likeness (QED) is 0.694. The normalized spacial score (nSPS) is 15.3. The predicted molar refractivity (Wildman–Crippen MR) is 110 cm³/mol. The first kappa shape index (κ1) is 19.1. The van der Waals surface area contributed by atoms with Crippen LogP contribution in [-0.2, 0) is 6.54 Å². The number of aromatic nitrogens is 3. The van der Waals surface area contributed by atoms with Crippen molar-refractivity contribution in [2.75, 3.05) is 20.2 Å². The van der Waals surface area contributed by atoms with E-state index in [0.29, 0.717) is 17.3 Å². The Balaban J connectivity index is 1.43. The number of rotatable bonds is 5. The van der Waals surface area contributed by atoms with Crippen LogP contribution in [0.3, 0.4) is 0 Å². The minimum atomic E-state index is -0.144. The van der Waals surface area contributed by atoms with E-state index in [-0.39, 0.29) is 17.2 Å². The summed E-state index contributed by atoms with van der Waals surface area (Å²) in [6.45, 7) is 2.63. The molecule has 0 amide bonds. The lowest BCUT2D eigenvalue weighted by Gasteiger charge is -2.31. The van der Waals surface area contributed by atoms with Gasteiger partial charge in [0.05, 0.1) is 12.8 Å². The Morgan fingerprint density at radius 1 is 1.21 bits per heavy atom. The van der Waals surface area contributed by atoms with E-state index in [2.05, 4.69) is 19.9 Å². The van der Waals surface area contributed by atoms with Gasteiger partial charge in [-0.25, -0.2) is 4.98 Å². The molecular weight excluding hydrogens is 368 g/mol. The minimum absolute atomic E-state index is 0.144. The van der Waals surface area contributed by atoms with Gasteiger partial charge >= 0.3 is 0 Å². The summed E-state index contributed by atoms with van der Waals surface area (Å²) in [4.78, 5) is 26.3. The Kier molecular flexibility index (Phi) is 5.57. The summed E-state index contributed by atoms with van der Waals surface area (Å²) in [6, 6.07) is 12.6. The van der Waals surface area contributed by atoms with Crippen LogP contribution in [0.5, 0.6) is 11.5 Å². The Hall–Kier alpha value is -3.19. The van der Waals surface area contributed by atoms with Crippen molar-refractivity contribution in [3.05, 3.63) is 70.3 Å². The second-order valence-corrected chi connectivity index (χ2v) is 7.29. The molecular formula is C22H24N4O3. The second kappa shape index (κ2) is 8.45. The molecule has 0 aliphatic carbocycles. The summed E-state index contributed by atoms with van der Waals surface area (Å²) in [5.74, 6) is 1.42. The molecule has 0 unspecified atom stereocenters. The topological polar surface area (TPSA) is 91.3 Å². The van der Waals surface area contributed by atoms with E-state index < -0.39 is 0 Å². The molecule has 0 atom stereocenters. The van der Waals surface area contributed by atoms with Gasteiger partial charge in [0.15, 0.2) is 17.3 Å². The number of aromatic hydroxyl groups is 1. The van der Waals surface area contributed by atoms with Gasteiger partial charge in [-0.2, -0.15) is 0 Å². The van der Waals surface area contributed by atoms with Crippen molar-refractivity contribution in [3.8, 4) is 23.0 Å². The van der Waals surface area contributed by atoms with Crippen molar-refractivity contribution in [2.45, 2.75) is 25.3 Å². The molecule has 0 bridgehead atoms. The minimum Gasteiger partial charge on any atom is -0.504 e. The molecule has 1 aromatic carbocycles. The summed E-state index contributed by atoms with van der Waals surface area (Å²) < 4.78 is 5.19. The third-order valence-electron chi connectivity index (χ3n) is 5.33. The SMILES string of the molecule is COc1cc(CN2CCC(c3cc(=O)[nH]c(-c4ccccn4)n3)CC2)ccc1O. The van der Waals surface area contributed by atoms with Crippen molar-refractivity contribution < 1.29 is 9.84 Å². The number of pyridine rings is 1. The Morgan fingerprint density at radius 2 is 2.03 bits per heavy atom. The number of hydrogen-bond donors (Lipinski definition) is 2. The standard InChI is InChI=1S/C22H24N4O3/c1-29-20-12-15(5-6-19(20)27)14-26-10-7-16(8-11-26)18-13-21(28)25-22(24-18)17-4-2-3-9-23-17/h2-6,9,12-13,16,27H,7-8,10-11,14H2,1H3,(H,24,25,28). The predicted octanol–water partition coefficient (Wildman–Crippen LogP) is 2.93. The molecule has 0 saturated carbocycles. The zero-order valence-corrected chi connectivity index (χ0v) is 16.3. The van der Waals surface area contributed by atoms with E-state index in [9.17, 15) is 9.90 Å². The van der Waals surface area contributed by atoms with Crippen LogP contribution in [0.2, 0.25) is 0 Å². The van der Waals surface area contributed by atoms with E-state index in [1.807, 2.05) is 30.3 Å². The fourth-order valence-electron chi connectivity index (χ4n) is 3.78. The van der Waals surface area contributed by atoms with E-state index >= 15 is 0 Å². The number of likely N-dealkylation sites (tertiary alicyclic amines) is 1. The van der Waals surface area contributed by atoms with Gasteiger partial charge < -0.3 is 14.8 Å². The monoisotopic (exact) mass is 392 g/mol. The maximum absolute atomic E-state index is 12.2. The lowest BCUT2D eigenvalue weighted by molar-refractivity contribution is 0.203. The first-order valence-corrected chi connectivity index (χ1v) is 9.73. The molecule has 3 heterocycles. The largest absolute Gasteiger partial charge is 0.504 e. The Morgan fingerprint density at radius 3 is 2.76 bits per heavy atom. The lowest BCUT2D eigenvalue weighted by atomic mass is 9.93. The summed E-state index contributed by atoms with van der Waals surface area (Å²) in [5, 5.41) is 9.75. The maximum atomic E-state index is 12.2. The van der Waals surface area contributed by atoms with Crippen LogP contribution in [0.4, 0.5) is 0 Å². The summed E-state index contributed by atoms with van der Waals surface area (Å²) in [6.07, 6.45) is 3.57. The van der Waals surface area contributed by atoms with E-state index in [1.165, 1.54) is 0 Å². The van der Waals surface area contributed by atoms with Gasteiger partial charge in [0, 0.05) is 24.7 Å². The van der Waals surface area contributed by atoms with Crippen molar-refractivity contribution in [1.29, 1.82) is 0 Å². The lowest BCUT2D eigenvalue weighted by Crippen LogP contribution is -2.33. The average molecular weight is 392 g/mol. The molecule has 7 nitrogen and oxygen atoms in total. The fraction of sp³-hybridized carbons (Fsp3) is 0.318. The highest BCUT2D eigenvalue weighted by molar-refractivity contribution is 5.48. The molecule has 7 heteroatoms. The molecule has 0 spiro atoms. The number of nitrogens with one attached hydrogen (secondary N) is 1. The molecule has 4 rings (SSSR count). The molecule has 150 valence electrons. The number of methoxy groups -OCH3 is 1. The fourth-order valence-corrected chi connectivity index (χ4v) is 3.78. The van der Waals surface area contributed by atoms with Crippen LogP contribution < -0.4 is 10.3 Å². The maximum Gasteiger partial charge on any atom is 0.251 e. The van der Waals surface area contributed by atoms with Gasteiger partial charge in [0.2, 0.25) is 0 Å². The van der Waals surface area contributed by atoms with E-state index in [4.69, 9.17) is 4.74 Å². The van der Waals surface area contributed by atoms with Gasteiger partial charge in [-0.15, -0.1) is 0 Å². The number of benzene rings is 1. The molecule has 0 radical (unpaired) electrons. The highest BCUT2D eigenvalue weighted by atomic mass is 16.5. The molecule has 1 fully saturated rings. The van der Waals surface area contributed by atoms with Gasteiger partial charge in [-0.3, -0.25) is 14.7 Å². The molecule has 3 aromatic rings. The van der Waals surface area contributed by atoms with Crippen LogP contribution in [0.1, 0.15) is 30.0 Å². The van der Waals surface area contributed by atoms with Gasteiger partial charge in [-0.1, -0.05) is 12.1 Å². The smallest absolute Gasteiger partial charge is 0.251 e. The number of H-pyrrole nitrogens is 1. The van der Waals surface area contributed by atoms with Crippen LogP contribution in [-0.4, -0.2) is 45.2 Å². The van der Waals surface area contributed by atoms with Crippen LogP contribution in [0, 0.1) is 0 Å². The zero-order chi connectivity index (χ0) is 20.2. The molecule has 29 heavy (non-hydrogen) atoms. The third-order valence-corrected chi connectivity index (χ3v) is 5.33. The number of phenolic OH excluding ortho intramolecular Hbond substituents is 1. The van der Waals surface area contributed by atoms with E-state index in [1.54, 1.807) is 25.4 Å². The van der Waals surface area contributed by atoms with Crippen LogP contribution in [0.15, 0.2) is 53.5 Å². The third kappa shape index (κ3) is 4.46. The van der Waals surface area contributed by atoms with Gasteiger partial charge in [0.25, 0.3) is 5.56 Å². The molecule has 1 aliphatic rings. The second-order valence-electron chi connectivity index (χ2n) is 7.29. The molecule has 2 N–H and O–H groups in total. The Bertz CT molecular complexity index is 1030. The highest BCUT2D eigenvalue weighted by Crippen LogP contribution is 2.30. The molecule has 1 saturated heterocycles. The Labute approximate surface area is 169 Å². The van der Waals surface area contributed by atoms with Crippen molar-refractivity contribution in [1.82, 2.24) is 19.9 Å². The number of phenols is 1. The molecule has 2 aromatic heterocycles. The summed E-state index contributed by atoms with van der Waals surface area (Å²) in [7, 11) is 1.55. The first-order valence-electron chi connectivity index (χ1n) is 9.73. The number of hydrogen-bond acceptors (Lipinski definition) is 6. The van der Waals surface area contributed by atoms with Gasteiger partial charge in [-0.05, 0) is 55.8 Å². The van der Waals surface area contributed by atoms with Crippen molar-refractivity contribution in [2.24, 2.45) is 0 Å². The van der Waals surface area contributed by atoms with Crippen molar-refractivity contribution in [3.63, 3.8) is 0 Å². The first-order chi connectivity index (χ1) is 14.1. The zero-order valence-electron chi connectivity index (χ0n) is 16.3. The average Bonchev–Trinajstić information content (AvgIpc) is 2.76. The molecule has 1 aliphatic heterocycles. The number of nitrogens with zero attached hydrogens (tertiary/aromatic N) is 3. The van der Waals surface area contributed by atoms with E-state index in [0.717, 1.165) is 43.7 Å². The number of piperidine rings is 1. The van der Waals surface area contributed by atoms with Crippen LogP contribution >= 0.6 is 0 Å². The highest BCUT2D eigenvalue weighted by Gasteiger charge is 2.23. The van der Waals surface area contributed by atoms with Crippen LogP contribution in [0.25, 0.3) is 11.5 Å². The van der Waals surface area contributed by atoms with Crippen molar-refractivity contribution >= 4 is 0 Å². The summed E-state index contributed by atoms with van der Waals surface area (Å²) in [5.41, 5.74) is 2.46. The number of ether oxygens (including phenoxy) is 1. The summed E-state index contributed by atoms with van der Waals surface area (Å²) >= 11 is 0.